The minimum atomic E-state index is -1.08. The molecular weight excluding hydrogens is 434 g/mol. The summed E-state index contributed by atoms with van der Waals surface area (Å²) in [4.78, 5) is 50.3. The number of nitrogens with zero attached hydrogens (tertiary/aromatic N) is 2. The molecule has 3 aromatic rings. The molecule has 1 aromatic heterocycles. The third kappa shape index (κ3) is 3.67. The van der Waals surface area contributed by atoms with Crippen molar-refractivity contribution in [2.75, 3.05) is 4.90 Å². The highest BCUT2D eigenvalue weighted by molar-refractivity contribution is 6.39. The molecule has 0 bridgehead atoms. The molecule has 1 saturated heterocycles. The molecule has 0 unspecified atom stereocenters. The number of carbonyl (C=O) groups is 4. The number of hydrogen-bond donors (Lipinski definition) is 2. The normalized spacial score (nSPS) is 15.2. The van der Waals surface area contributed by atoms with Crippen molar-refractivity contribution < 1.29 is 24.3 Å². The van der Waals surface area contributed by atoms with Crippen LogP contribution < -0.4 is 10.2 Å². The summed E-state index contributed by atoms with van der Waals surface area (Å²) in [6.07, 6.45) is 3.02. The Morgan fingerprint density at radius 1 is 1.06 bits per heavy atom. The molecule has 32 heavy (non-hydrogen) atoms. The zero-order valence-corrected chi connectivity index (χ0v) is 17.5. The van der Waals surface area contributed by atoms with E-state index in [2.05, 4.69) is 5.32 Å². The molecule has 2 heterocycles. The lowest BCUT2D eigenvalue weighted by molar-refractivity contribution is -0.122. The number of carboxylic acid groups (broad SMARTS) is 1. The first-order valence-corrected chi connectivity index (χ1v) is 9.83. The van der Waals surface area contributed by atoms with Crippen LogP contribution >= 0.6 is 11.6 Å². The minimum Gasteiger partial charge on any atom is -0.478 e. The highest BCUT2D eigenvalue weighted by atomic mass is 35.5. The van der Waals surface area contributed by atoms with E-state index < -0.39 is 23.8 Å². The van der Waals surface area contributed by atoms with E-state index in [1.807, 2.05) is 0 Å². The first-order valence-electron chi connectivity index (χ1n) is 9.45. The quantitative estimate of drug-likeness (QED) is 0.465. The minimum absolute atomic E-state index is 0.0921. The molecule has 1 aliphatic heterocycles. The molecule has 0 saturated carbocycles. The molecule has 2 N–H and O–H groups in total. The standard InChI is InChI=1S/C23H16ClN3O5/c1-13-18(24)8-3-9-19(13)27-21(29)17(20(28)25-23(27)32)12-16-7-4-10-26(16)15-6-2-5-14(11-15)22(30)31/h2-12H,1H3,(H,30,31)(H,25,28,32). The summed E-state index contributed by atoms with van der Waals surface area (Å²) >= 11 is 6.14. The number of benzene rings is 2. The highest BCUT2D eigenvalue weighted by Gasteiger charge is 2.37. The Balaban J connectivity index is 1.77. The maximum atomic E-state index is 13.2. The number of aromatic carboxylic acids is 1. The first kappa shape index (κ1) is 21.1. The number of rotatable bonds is 4. The van der Waals surface area contributed by atoms with Crippen molar-refractivity contribution >= 4 is 47.2 Å². The number of carbonyl (C=O) groups excluding carboxylic acids is 3. The van der Waals surface area contributed by atoms with E-state index in [0.29, 0.717) is 22.0 Å². The van der Waals surface area contributed by atoms with Gasteiger partial charge in [-0.1, -0.05) is 23.7 Å². The maximum Gasteiger partial charge on any atom is 0.335 e. The summed E-state index contributed by atoms with van der Waals surface area (Å²) in [6, 6.07) is 13.5. The van der Waals surface area contributed by atoms with Crippen LogP contribution in [0.15, 0.2) is 66.4 Å². The summed E-state index contributed by atoms with van der Waals surface area (Å²) in [7, 11) is 0. The van der Waals surface area contributed by atoms with Crippen LogP contribution in [0.25, 0.3) is 11.8 Å². The molecule has 1 aliphatic rings. The smallest absolute Gasteiger partial charge is 0.335 e. The van der Waals surface area contributed by atoms with Crippen molar-refractivity contribution in [2.45, 2.75) is 6.92 Å². The van der Waals surface area contributed by atoms with Crippen molar-refractivity contribution in [2.24, 2.45) is 0 Å². The Kier molecular flexibility index (Phi) is 5.38. The Labute approximate surface area is 187 Å². The number of nitrogens with one attached hydrogen (secondary N) is 1. The van der Waals surface area contributed by atoms with Crippen LogP contribution in [0, 0.1) is 6.92 Å². The molecule has 9 heteroatoms. The van der Waals surface area contributed by atoms with Gasteiger partial charge in [0.05, 0.1) is 11.3 Å². The predicted octanol–water partition coefficient (Wildman–Crippen LogP) is 3.80. The maximum absolute atomic E-state index is 13.2. The SMILES string of the molecule is Cc1c(Cl)cccc1N1C(=O)NC(=O)C(=Cc2cccn2-c2cccc(C(=O)O)c2)C1=O. The summed E-state index contributed by atoms with van der Waals surface area (Å²) in [5, 5.41) is 11.8. The van der Waals surface area contributed by atoms with E-state index in [4.69, 9.17) is 11.6 Å². The van der Waals surface area contributed by atoms with Crippen LogP contribution in [-0.4, -0.2) is 33.5 Å². The Bertz CT molecular complexity index is 1320. The van der Waals surface area contributed by atoms with Gasteiger partial charge in [0, 0.05) is 22.6 Å². The summed E-state index contributed by atoms with van der Waals surface area (Å²) in [5.41, 5.74) is 1.60. The van der Waals surface area contributed by atoms with E-state index in [0.717, 1.165) is 4.90 Å². The lowest BCUT2D eigenvalue weighted by atomic mass is 10.1. The summed E-state index contributed by atoms with van der Waals surface area (Å²) in [5.74, 6) is -2.70. The molecule has 0 radical (unpaired) electrons. The molecule has 0 spiro atoms. The molecule has 4 amide bonds. The van der Waals surface area contributed by atoms with Gasteiger partial charge in [0.15, 0.2) is 0 Å². The van der Waals surface area contributed by atoms with Crippen molar-refractivity contribution in [1.29, 1.82) is 0 Å². The van der Waals surface area contributed by atoms with Crippen molar-refractivity contribution in [1.82, 2.24) is 9.88 Å². The number of anilines is 1. The average molecular weight is 450 g/mol. The van der Waals surface area contributed by atoms with Crippen molar-refractivity contribution in [3.8, 4) is 5.69 Å². The number of halogens is 1. The number of hydrogen-bond acceptors (Lipinski definition) is 4. The van der Waals surface area contributed by atoms with Crippen LogP contribution in [0.5, 0.6) is 0 Å². The van der Waals surface area contributed by atoms with Gasteiger partial charge in [-0.05, 0) is 61.0 Å². The van der Waals surface area contributed by atoms with E-state index in [1.165, 1.54) is 18.2 Å². The van der Waals surface area contributed by atoms with Crippen LogP contribution in [0.3, 0.4) is 0 Å². The lowest BCUT2D eigenvalue weighted by Crippen LogP contribution is -2.54. The van der Waals surface area contributed by atoms with Gasteiger partial charge in [-0.2, -0.15) is 0 Å². The number of carboxylic acids is 1. The predicted molar refractivity (Wildman–Crippen MR) is 118 cm³/mol. The Hall–Kier alpha value is -4.17. The van der Waals surface area contributed by atoms with Crippen LogP contribution in [0.2, 0.25) is 5.02 Å². The largest absolute Gasteiger partial charge is 0.478 e. The van der Waals surface area contributed by atoms with Crippen LogP contribution in [0.1, 0.15) is 21.6 Å². The summed E-state index contributed by atoms with van der Waals surface area (Å²) < 4.78 is 1.63. The molecule has 4 rings (SSSR count). The fourth-order valence-corrected chi connectivity index (χ4v) is 3.57. The molecular formula is C23H16ClN3O5. The fraction of sp³-hybridized carbons (Fsp3) is 0.0435. The molecule has 0 aliphatic carbocycles. The van der Waals surface area contributed by atoms with Gasteiger partial charge in [-0.25, -0.2) is 14.5 Å². The number of amides is 4. The molecule has 0 atom stereocenters. The fourth-order valence-electron chi connectivity index (χ4n) is 3.40. The number of imide groups is 2. The molecule has 1 fully saturated rings. The van der Waals surface area contributed by atoms with E-state index in [-0.39, 0.29) is 16.8 Å². The second-order valence-corrected chi connectivity index (χ2v) is 7.41. The summed E-state index contributed by atoms with van der Waals surface area (Å²) in [6.45, 7) is 1.67. The third-order valence-corrected chi connectivity index (χ3v) is 5.43. The van der Waals surface area contributed by atoms with Gasteiger partial charge in [0.25, 0.3) is 11.8 Å². The number of aromatic nitrogens is 1. The molecule has 8 nitrogen and oxygen atoms in total. The highest BCUT2D eigenvalue weighted by Crippen LogP contribution is 2.29. The zero-order valence-electron chi connectivity index (χ0n) is 16.7. The van der Waals surface area contributed by atoms with Crippen LogP contribution in [-0.2, 0) is 9.59 Å². The number of urea groups is 1. The Morgan fingerprint density at radius 2 is 1.81 bits per heavy atom. The third-order valence-electron chi connectivity index (χ3n) is 5.03. The second-order valence-electron chi connectivity index (χ2n) is 7.00. The van der Waals surface area contributed by atoms with E-state index in [9.17, 15) is 24.3 Å². The molecule has 2 aromatic carbocycles. The van der Waals surface area contributed by atoms with Gasteiger partial charge in [0.1, 0.15) is 5.57 Å². The van der Waals surface area contributed by atoms with Crippen molar-refractivity contribution in [3.05, 3.63) is 88.2 Å². The van der Waals surface area contributed by atoms with E-state index >= 15 is 0 Å². The van der Waals surface area contributed by atoms with Gasteiger partial charge in [-0.3, -0.25) is 14.9 Å². The average Bonchev–Trinajstić information content (AvgIpc) is 3.22. The van der Waals surface area contributed by atoms with Gasteiger partial charge < -0.3 is 9.67 Å². The topological polar surface area (TPSA) is 109 Å². The number of barbiturate groups is 1. The van der Waals surface area contributed by atoms with Gasteiger partial charge >= 0.3 is 12.0 Å². The van der Waals surface area contributed by atoms with Crippen LogP contribution in [0.4, 0.5) is 10.5 Å². The monoisotopic (exact) mass is 449 g/mol. The lowest BCUT2D eigenvalue weighted by Gasteiger charge is -2.27. The van der Waals surface area contributed by atoms with Crippen molar-refractivity contribution in [3.63, 3.8) is 0 Å². The van der Waals surface area contributed by atoms with Gasteiger partial charge in [-0.15, -0.1) is 0 Å². The second kappa shape index (κ2) is 8.16. The molecule has 160 valence electrons. The zero-order chi connectivity index (χ0) is 23.0. The Morgan fingerprint density at radius 3 is 2.56 bits per heavy atom. The van der Waals surface area contributed by atoms with Gasteiger partial charge in [0.2, 0.25) is 0 Å². The first-order chi connectivity index (χ1) is 15.3. The van der Waals surface area contributed by atoms with E-state index in [1.54, 1.807) is 60.2 Å².